The van der Waals surface area contributed by atoms with Crippen molar-refractivity contribution in [1.82, 2.24) is 8.75 Å². The molecule has 0 aliphatic carbocycles. The largest absolute Gasteiger partial charge is 0.497 e. The van der Waals surface area contributed by atoms with Gasteiger partial charge in [0.15, 0.2) is 5.78 Å². The predicted molar refractivity (Wildman–Crippen MR) is 89.7 cm³/mol. The fourth-order valence-electron chi connectivity index (χ4n) is 2.44. The zero-order valence-electron chi connectivity index (χ0n) is 12.8. The number of ether oxygens (including phenoxy) is 1. The number of ketones is 1. The molecule has 1 N–H and O–H groups in total. The normalized spacial score (nSPS) is 12.0. The van der Waals surface area contributed by atoms with Crippen LogP contribution in [0.5, 0.6) is 5.75 Å². The smallest absolute Gasteiger partial charge is 0.311 e. The van der Waals surface area contributed by atoms with E-state index in [-0.39, 0.29) is 12.2 Å². The minimum atomic E-state index is -1.04. The molecule has 3 rings (SSSR count). The second kappa shape index (κ2) is 6.76. The number of rotatable bonds is 6. The van der Waals surface area contributed by atoms with Crippen LogP contribution in [0.3, 0.4) is 0 Å². The molecule has 0 spiro atoms. The number of carboxylic acid groups (broad SMARTS) is 1. The van der Waals surface area contributed by atoms with Gasteiger partial charge in [-0.15, -0.1) is 0 Å². The average molecular weight is 342 g/mol. The van der Waals surface area contributed by atoms with Crippen LogP contribution in [0.25, 0.3) is 11.0 Å². The van der Waals surface area contributed by atoms with Gasteiger partial charge in [-0.05, 0) is 42.0 Å². The van der Waals surface area contributed by atoms with Crippen molar-refractivity contribution >= 4 is 34.5 Å². The van der Waals surface area contributed by atoms with E-state index in [0.717, 1.165) is 17.2 Å². The van der Waals surface area contributed by atoms with Crippen LogP contribution in [0.2, 0.25) is 0 Å². The third-order valence-electron chi connectivity index (χ3n) is 3.78. The molecule has 6 nitrogen and oxygen atoms in total. The van der Waals surface area contributed by atoms with Crippen LogP contribution in [0.15, 0.2) is 42.5 Å². The summed E-state index contributed by atoms with van der Waals surface area (Å²) in [6.07, 6.45) is -0.120. The molecule has 122 valence electrons. The van der Waals surface area contributed by atoms with E-state index in [4.69, 9.17) is 4.74 Å². The van der Waals surface area contributed by atoms with Gasteiger partial charge in [-0.2, -0.15) is 8.75 Å². The summed E-state index contributed by atoms with van der Waals surface area (Å²) >= 11 is 1.07. The highest BCUT2D eigenvalue weighted by Crippen LogP contribution is 2.26. The van der Waals surface area contributed by atoms with E-state index in [9.17, 15) is 14.7 Å². The van der Waals surface area contributed by atoms with Crippen molar-refractivity contribution in [2.24, 2.45) is 0 Å². The minimum Gasteiger partial charge on any atom is -0.497 e. The third kappa shape index (κ3) is 3.26. The lowest BCUT2D eigenvalue weighted by Gasteiger charge is -2.12. The number of aromatic nitrogens is 2. The fourth-order valence-corrected chi connectivity index (χ4v) is 2.96. The Kier molecular flexibility index (Phi) is 4.52. The van der Waals surface area contributed by atoms with Crippen LogP contribution in [0.4, 0.5) is 0 Å². The van der Waals surface area contributed by atoms with Crippen LogP contribution in [-0.2, 0) is 4.79 Å². The van der Waals surface area contributed by atoms with Gasteiger partial charge in [0.1, 0.15) is 16.8 Å². The Balaban J connectivity index is 1.85. The summed E-state index contributed by atoms with van der Waals surface area (Å²) in [5.41, 5.74) is 2.36. The Morgan fingerprint density at radius 3 is 2.50 bits per heavy atom. The third-order valence-corrected chi connectivity index (χ3v) is 4.34. The number of hydrogen-bond donors (Lipinski definition) is 1. The number of fused-ring (bicyclic) bond motifs is 1. The molecule has 0 aliphatic heterocycles. The molecule has 0 saturated carbocycles. The summed E-state index contributed by atoms with van der Waals surface area (Å²) in [7, 11) is 1.54. The van der Waals surface area contributed by atoms with Crippen molar-refractivity contribution in [2.75, 3.05) is 7.11 Å². The molecule has 1 unspecified atom stereocenters. The second-order valence-electron chi connectivity index (χ2n) is 5.26. The van der Waals surface area contributed by atoms with E-state index in [0.29, 0.717) is 22.4 Å². The van der Waals surface area contributed by atoms with Crippen LogP contribution < -0.4 is 4.74 Å². The highest BCUT2D eigenvalue weighted by Gasteiger charge is 2.24. The van der Waals surface area contributed by atoms with Gasteiger partial charge >= 0.3 is 5.97 Å². The van der Waals surface area contributed by atoms with Gasteiger partial charge in [-0.1, -0.05) is 6.07 Å². The quantitative estimate of drug-likeness (QED) is 0.692. The summed E-state index contributed by atoms with van der Waals surface area (Å²) in [5, 5.41) is 9.52. The van der Waals surface area contributed by atoms with E-state index < -0.39 is 11.9 Å². The molecule has 0 radical (unpaired) electrons. The summed E-state index contributed by atoms with van der Waals surface area (Å²) in [4.78, 5) is 24.1. The number of carbonyl (C=O) groups is 2. The van der Waals surface area contributed by atoms with Crippen molar-refractivity contribution < 1.29 is 19.4 Å². The lowest BCUT2D eigenvalue weighted by Crippen LogP contribution is -2.16. The molecule has 3 aromatic rings. The van der Waals surface area contributed by atoms with Crippen molar-refractivity contribution in [1.29, 1.82) is 0 Å². The van der Waals surface area contributed by atoms with E-state index in [1.54, 1.807) is 49.6 Å². The van der Waals surface area contributed by atoms with E-state index in [1.807, 2.05) is 0 Å². The molecule has 1 heterocycles. The van der Waals surface area contributed by atoms with Crippen LogP contribution in [0, 0.1) is 0 Å². The Labute approximate surface area is 142 Å². The first-order valence-electron chi connectivity index (χ1n) is 7.21. The molecule has 0 bridgehead atoms. The molecule has 1 atom stereocenters. The Morgan fingerprint density at radius 1 is 1.12 bits per heavy atom. The monoisotopic (exact) mass is 342 g/mol. The fraction of sp³-hybridized carbons (Fsp3) is 0.176. The molecule has 2 aromatic carbocycles. The highest BCUT2D eigenvalue weighted by molar-refractivity contribution is 7.00. The number of aliphatic carboxylic acids is 1. The van der Waals surface area contributed by atoms with Gasteiger partial charge in [0.25, 0.3) is 0 Å². The SMILES string of the molecule is COc1ccc(C(=O)CC(C(=O)O)c2ccc3nsnc3c2)cc1. The standard InChI is InChI=1S/C17H14N2O4S/c1-23-12-5-2-10(3-6-12)16(20)9-13(17(21)22)11-4-7-14-15(8-11)19-24-18-14/h2-8,13H,9H2,1H3,(H,21,22). The Morgan fingerprint density at radius 2 is 1.83 bits per heavy atom. The molecule has 7 heteroatoms. The van der Waals surface area contributed by atoms with Crippen LogP contribution in [0.1, 0.15) is 28.3 Å². The number of hydrogen-bond acceptors (Lipinski definition) is 6. The van der Waals surface area contributed by atoms with Crippen molar-refractivity contribution in [2.45, 2.75) is 12.3 Å². The van der Waals surface area contributed by atoms with E-state index >= 15 is 0 Å². The maximum atomic E-state index is 12.4. The minimum absolute atomic E-state index is 0.120. The number of nitrogens with zero attached hydrogens (tertiary/aromatic N) is 2. The number of Topliss-reactive ketones (excluding diaryl/α,β-unsaturated/α-hetero) is 1. The van der Waals surface area contributed by atoms with Crippen molar-refractivity contribution in [3.05, 3.63) is 53.6 Å². The maximum Gasteiger partial charge on any atom is 0.311 e. The highest BCUT2D eigenvalue weighted by atomic mass is 32.1. The molecule has 24 heavy (non-hydrogen) atoms. The van der Waals surface area contributed by atoms with Gasteiger partial charge in [-0.25, -0.2) is 0 Å². The number of methoxy groups -OCH3 is 1. The molecule has 0 amide bonds. The number of carboxylic acids is 1. The molecule has 1 aromatic heterocycles. The predicted octanol–water partition coefficient (Wildman–Crippen LogP) is 3.14. The molecular weight excluding hydrogens is 328 g/mol. The summed E-state index contributed by atoms with van der Waals surface area (Å²) < 4.78 is 13.3. The average Bonchev–Trinajstić information content (AvgIpc) is 3.06. The van der Waals surface area contributed by atoms with Gasteiger partial charge in [0.05, 0.1) is 24.8 Å². The first kappa shape index (κ1) is 16.1. The van der Waals surface area contributed by atoms with Crippen molar-refractivity contribution in [3.63, 3.8) is 0 Å². The molecule has 0 saturated heterocycles. The summed E-state index contributed by atoms with van der Waals surface area (Å²) in [5.74, 6) is -1.56. The molecular formula is C17H14N2O4S. The van der Waals surface area contributed by atoms with Gasteiger partial charge in [0.2, 0.25) is 0 Å². The van der Waals surface area contributed by atoms with Crippen molar-refractivity contribution in [3.8, 4) is 5.75 Å². The lowest BCUT2D eigenvalue weighted by molar-refractivity contribution is -0.138. The maximum absolute atomic E-state index is 12.4. The number of benzene rings is 2. The zero-order chi connectivity index (χ0) is 17.1. The zero-order valence-corrected chi connectivity index (χ0v) is 13.6. The second-order valence-corrected chi connectivity index (χ2v) is 5.79. The van der Waals surface area contributed by atoms with Crippen LogP contribution >= 0.6 is 11.7 Å². The van der Waals surface area contributed by atoms with E-state index in [2.05, 4.69) is 8.75 Å². The Hall–Kier alpha value is -2.80. The Bertz CT molecular complexity index is 889. The summed E-state index contributed by atoms with van der Waals surface area (Å²) in [6, 6.07) is 11.7. The lowest BCUT2D eigenvalue weighted by atomic mass is 9.91. The van der Waals surface area contributed by atoms with Crippen LogP contribution in [-0.4, -0.2) is 32.7 Å². The first-order chi connectivity index (χ1) is 11.6. The molecule has 0 fully saturated rings. The summed E-state index contributed by atoms with van der Waals surface area (Å²) in [6.45, 7) is 0. The van der Waals surface area contributed by atoms with E-state index in [1.165, 1.54) is 0 Å². The molecule has 0 aliphatic rings. The van der Waals surface area contributed by atoms with Gasteiger partial charge < -0.3 is 9.84 Å². The first-order valence-corrected chi connectivity index (χ1v) is 7.94. The topological polar surface area (TPSA) is 89.4 Å². The number of carbonyl (C=O) groups excluding carboxylic acids is 1. The van der Waals surface area contributed by atoms with Gasteiger partial charge in [0, 0.05) is 12.0 Å². The van der Waals surface area contributed by atoms with Gasteiger partial charge in [-0.3, -0.25) is 9.59 Å².